The van der Waals surface area contributed by atoms with Crippen molar-refractivity contribution in [1.82, 2.24) is 0 Å². The summed E-state index contributed by atoms with van der Waals surface area (Å²) in [5.74, 6) is 0. The lowest BCUT2D eigenvalue weighted by atomic mass is 9.99. The number of hydrogen-bond acceptors (Lipinski definition) is 2. The summed E-state index contributed by atoms with van der Waals surface area (Å²) in [7, 11) is -3.53. The van der Waals surface area contributed by atoms with Crippen molar-refractivity contribution in [3.05, 3.63) is 60.7 Å². The Morgan fingerprint density at radius 2 is 1.50 bits per heavy atom. The maximum atomic E-state index is 12.5. The summed E-state index contributed by atoms with van der Waals surface area (Å²) < 4.78 is 27.7. The van der Waals surface area contributed by atoms with E-state index >= 15 is 0 Å². The van der Waals surface area contributed by atoms with Crippen LogP contribution in [0.5, 0.6) is 0 Å². The molecule has 0 amide bonds. The Kier molecular flexibility index (Phi) is 2.20. The Morgan fingerprint density at radius 1 is 0.750 bits per heavy atom. The third kappa shape index (κ3) is 1.48. The zero-order chi connectivity index (χ0) is 13.7. The van der Waals surface area contributed by atoms with Crippen molar-refractivity contribution in [1.29, 1.82) is 0 Å². The van der Waals surface area contributed by atoms with Gasteiger partial charge in [-0.1, -0.05) is 54.6 Å². The summed E-state index contributed by atoms with van der Waals surface area (Å²) in [6.45, 7) is 0. The van der Waals surface area contributed by atoms with Crippen LogP contribution >= 0.6 is 0 Å². The molecule has 0 atom stereocenters. The van der Waals surface area contributed by atoms with Crippen molar-refractivity contribution < 1.29 is 8.42 Å². The average Bonchev–Trinajstić information content (AvgIpc) is 2.46. The first-order valence-corrected chi connectivity index (χ1v) is 7.79. The van der Waals surface area contributed by atoms with Gasteiger partial charge in [0.1, 0.15) is 4.90 Å². The standard InChI is InChI=1S/C16H11NO2S/c18-20(19)16-12-6-2-1-5-11(12)9-10-14(16)13-7-3-4-8-15(13)17-20/h1-10,17H. The first kappa shape index (κ1) is 11.5. The molecule has 3 nitrogen and oxygen atoms in total. The molecule has 4 rings (SSSR count). The molecule has 1 aliphatic rings. The molecule has 0 bridgehead atoms. The highest BCUT2D eigenvalue weighted by Gasteiger charge is 2.28. The first-order valence-electron chi connectivity index (χ1n) is 6.31. The molecule has 98 valence electrons. The molecule has 0 aromatic heterocycles. The number of para-hydroxylation sites is 1. The van der Waals surface area contributed by atoms with Gasteiger partial charge >= 0.3 is 0 Å². The summed E-state index contributed by atoms with van der Waals surface area (Å²) in [5, 5.41) is 1.68. The van der Waals surface area contributed by atoms with Crippen molar-refractivity contribution in [3.8, 4) is 11.1 Å². The molecule has 0 radical (unpaired) electrons. The van der Waals surface area contributed by atoms with Gasteiger partial charge in [0.15, 0.2) is 0 Å². The van der Waals surface area contributed by atoms with E-state index in [0.717, 1.165) is 21.9 Å². The maximum Gasteiger partial charge on any atom is 0.263 e. The van der Waals surface area contributed by atoms with Crippen LogP contribution in [0.3, 0.4) is 0 Å². The minimum Gasteiger partial charge on any atom is -0.279 e. The van der Waals surface area contributed by atoms with Crippen LogP contribution in [0.2, 0.25) is 0 Å². The lowest BCUT2D eigenvalue weighted by molar-refractivity contribution is 0.602. The molecule has 0 fully saturated rings. The molecular weight excluding hydrogens is 270 g/mol. The van der Waals surface area contributed by atoms with Crippen LogP contribution in [0.4, 0.5) is 5.69 Å². The molecule has 0 saturated carbocycles. The minimum atomic E-state index is -3.53. The number of sulfonamides is 1. The second kappa shape index (κ2) is 3.84. The molecule has 3 aromatic rings. The molecule has 1 N–H and O–H groups in total. The van der Waals surface area contributed by atoms with Gasteiger partial charge in [-0.2, -0.15) is 0 Å². The summed E-state index contributed by atoms with van der Waals surface area (Å²) >= 11 is 0. The SMILES string of the molecule is O=S1(=O)Nc2ccccc2-c2ccc3ccccc3c21. The highest BCUT2D eigenvalue weighted by atomic mass is 32.2. The lowest BCUT2D eigenvalue weighted by Crippen LogP contribution is -2.19. The predicted molar refractivity (Wildman–Crippen MR) is 80.2 cm³/mol. The van der Waals surface area contributed by atoms with E-state index in [1.165, 1.54) is 0 Å². The summed E-state index contributed by atoms with van der Waals surface area (Å²) in [5.41, 5.74) is 2.32. The van der Waals surface area contributed by atoms with Gasteiger partial charge in [-0.25, -0.2) is 8.42 Å². The van der Waals surface area contributed by atoms with E-state index in [1.807, 2.05) is 54.6 Å². The molecule has 1 aliphatic heterocycles. The zero-order valence-electron chi connectivity index (χ0n) is 10.5. The molecule has 3 aromatic carbocycles. The Bertz CT molecular complexity index is 946. The Hall–Kier alpha value is -2.33. The third-order valence-electron chi connectivity index (χ3n) is 3.61. The molecule has 1 heterocycles. The van der Waals surface area contributed by atoms with Crippen molar-refractivity contribution in [2.45, 2.75) is 4.90 Å². The number of anilines is 1. The molecule has 4 heteroatoms. The van der Waals surface area contributed by atoms with E-state index < -0.39 is 10.0 Å². The van der Waals surface area contributed by atoms with E-state index in [4.69, 9.17) is 0 Å². The summed E-state index contributed by atoms with van der Waals surface area (Å²) in [6, 6.07) is 18.8. The van der Waals surface area contributed by atoms with E-state index in [9.17, 15) is 8.42 Å². The number of rotatable bonds is 0. The van der Waals surface area contributed by atoms with Gasteiger partial charge < -0.3 is 0 Å². The number of nitrogens with one attached hydrogen (secondary N) is 1. The lowest BCUT2D eigenvalue weighted by Gasteiger charge is -2.22. The van der Waals surface area contributed by atoms with Gasteiger partial charge in [0.2, 0.25) is 0 Å². The summed E-state index contributed by atoms with van der Waals surface area (Å²) in [4.78, 5) is 0.370. The highest BCUT2D eigenvalue weighted by molar-refractivity contribution is 7.93. The molecule has 0 unspecified atom stereocenters. The fraction of sp³-hybridized carbons (Fsp3) is 0. The third-order valence-corrected chi connectivity index (χ3v) is 5.08. The van der Waals surface area contributed by atoms with Gasteiger partial charge in [0.25, 0.3) is 10.0 Å². The first-order chi connectivity index (χ1) is 9.67. The van der Waals surface area contributed by atoms with Crippen LogP contribution in [0, 0.1) is 0 Å². The number of fused-ring (bicyclic) bond motifs is 5. The Balaban J connectivity index is 2.22. The van der Waals surface area contributed by atoms with Crippen molar-refractivity contribution >= 4 is 26.5 Å². The molecule has 0 saturated heterocycles. The fourth-order valence-electron chi connectivity index (χ4n) is 2.75. The zero-order valence-corrected chi connectivity index (χ0v) is 11.3. The average molecular weight is 281 g/mol. The van der Waals surface area contributed by atoms with E-state index in [-0.39, 0.29) is 0 Å². The fourth-order valence-corrected chi connectivity index (χ4v) is 4.26. The van der Waals surface area contributed by atoms with Crippen molar-refractivity contribution in [2.75, 3.05) is 4.72 Å². The van der Waals surface area contributed by atoms with E-state index in [1.54, 1.807) is 6.07 Å². The van der Waals surface area contributed by atoms with E-state index in [2.05, 4.69) is 4.72 Å². The normalized spacial score (nSPS) is 15.2. The second-order valence-corrected chi connectivity index (χ2v) is 6.43. The minimum absolute atomic E-state index is 0.370. The topological polar surface area (TPSA) is 46.2 Å². The van der Waals surface area contributed by atoms with Crippen LogP contribution in [-0.2, 0) is 10.0 Å². The van der Waals surface area contributed by atoms with Gasteiger partial charge in [0.05, 0.1) is 5.69 Å². The van der Waals surface area contributed by atoms with Crippen LogP contribution in [0.25, 0.3) is 21.9 Å². The molecule has 20 heavy (non-hydrogen) atoms. The Labute approximate surface area is 116 Å². The molecular formula is C16H11NO2S. The monoisotopic (exact) mass is 281 g/mol. The van der Waals surface area contributed by atoms with Gasteiger partial charge in [0, 0.05) is 16.5 Å². The van der Waals surface area contributed by atoms with Crippen molar-refractivity contribution in [3.63, 3.8) is 0 Å². The smallest absolute Gasteiger partial charge is 0.263 e. The Morgan fingerprint density at radius 3 is 2.40 bits per heavy atom. The largest absolute Gasteiger partial charge is 0.279 e. The van der Waals surface area contributed by atoms with Crippen LogP contribution in [0.1, 0.15) is 0 Å². The van der Waals surface area contributed by atoms with Gasteiger partial charge in [-0.3, -0.25) is 4.72 Å². The van der Waals surface area contributed by atoms with Gasteiger partial charge in [-0.15, -0.1) is 0 Å². The molecule has 0 spiro atoms. The number of hydrogen-bond donors (Lipinski definition) is 1. The molecule has 0 aliphatic carbocycles. The number of benzene rings is 3. The van der Waals surface area contributed by atoms with E-state index in [0.29, 0.717) is 10.6 Å². The predicted octanol–water partition coefficient (Wildman–Crippen LogP) is 3.62. The highest BCUT2D eigenvalue weighted by Crippen LogP contribution is 2.42. The van der Waals surface area contributed by atoms with Crippen LogP contribution in [-0.4, -0.2) is 8.42 Å². The maximum absolute atomic E-state index is 12.5. The van der Waals surface area contributed by atoms with Gasteiger partial charge in [-0.05, 0) is 11.5 Å². The van der Waals surface area contributed by atoms with Crippen LogP contribution < -0.4 is 4.72 Å². The summed E-state index contributed by atoms with van der Waals surface area (Å²) in [6.07, 6.45) is 0. The van der Waals surface area contributed by atoms with Crippen molar-refractivity contribution in [2.24, 2.45) is 0 Å². The second-order valence-electron chi connectivity index (χ2n) is 4.81. The quantitative estimate of drug-likeness (QED) is 0.684. The van der Waals surface area contributed by atoms with Crippen LogP contribution in [0.15, 0.2) is 65.6 Å².